The molecule has 94 valence electrons. The summed E-state index contributed by atoms with van der Waals surface area (Å²) in [4.78, 5) is 14.0. The number of hydrogen-bond donors (Lipinski definition) is 2. The van der Waals surface area contributed by atoms with E-state index in [2.05, 4.69) is 10.2 Å². The van der Waals surface area contributed by atoms with Gasteiger partial charge in [0.25, 0.3) is 5.91 Å². The van der Waals surface area contributed by atoms with Crippen LogP contribution in [-0.2, 0) is 6.54 Å². The van der Waals surface area contributed by atoms with Crippen LogP contribution in [0.4, 0.5) is 5.69 Å². The summed E-state index contributed by atoms with van der Waals surface area (Å²) >= 11 is 0. The highest BCUT2D eigenvalue weighted by molar-refractivity contribution is 6.00. The molecule has 0 unspecified atom stereocenters. The summed E-state index contributed by atoms with van der Waals surface area (Å²) in [5.74, 6) is -0.0770. The van der Waals surface area contributed by atoms with Crippen molar-refractivity contribution in [3.05, 3.63) is 47.3 Å². The maximum Gasteiger partial charge on any atom is 0.256 e. The summed E-state index contributed by atoms with van der Waals surface area (Å²) in [7, 11) is 1.75. The number of nitrogens with zero attached hydrogens (tertiary/aromatic N) is 2. The Hall–Kier alpha value is -2.30. The zero-order valence-corrected chi connectivity index (χ0v) is 10.5. The van der Waals surface area contributed by atoms with Gasteiger partial charge in [0, 0.05) is 31.0 Å². The minimum absolute atomic E-state index is 0.0770. The predicted octanol–water partition coefficient (Wildman–Crippen LogP) is 1.57. The van der Waals surface area contributed by atoms with Crippen LogP contribution in [0.1, 0.15) is 21.5 Å². The van der Waals surface area contributed by atoms with Crippen molar-refractivity contribution in [3.63, 3.8) is 0 Å². The minimum atomic E-state index is -0.0770. The number of aromatic nitrogens is 2. The number of carbonyl (C=O) groups is 1. The van der Waals surface area contributed by atoms with Gasteiger partial charge in [-0.05, 0) is 18.6 Å². The Morgan fingerprint density at radius 3 is 2.89 bits per heavy atom. The molecule has 1 heterocycles. The molecule has 3 N–H and O–H groups in total. The number of anilines is 1. The summed E-state index contributed by atoms with van der Waals surface area (Å²) in [6, 6.07) is 5.47. The molecule has 5 nitrogen and oxygen atoms in total. The van der Waals surface area contributed by atoms with Crippen molar-refractivity contribution >= 4 is 11.6 Å². The monoisotopic (exact) mass is 244 g/mol. The van der Waals surface area contributed by atoms with Crippen LogP contribution in [0.5, 0.6) is 0 Å². The van der Waals surface area contributed by atoms with Gasteiger partial charge >= 0.3 is 0 Å². The second kappa shape index (κ2) is 4.91. The zero-order valence-electron chi connectivity index (χ0n) is 10.5. The summed E-state index contributed by atoms with van der Waals surface area (Å²) < 4.78 is 0. The van der Waals surface area contributed by atoms with Crippen molar-refractivity contribution in [1.29, 1.82) is 0 Å². The molecular weight excluding hydrogens is 228 g/mol. The highest BCUT2D eigenvalue weighted by atomic mass is 16.2. The third kappa shape index (κ3) is 2.34. The second-order valence-corrected chi connectivity index (χ2v) is 4.31. The van der Waals surface area contributed by atoms with E-state index in [0.29, 0.717) is 17.8 Å². The molecule has 0 saturated carbocycles. The van der Waals surface area contributed by atoms with Crippen molar-refractivity contribution in [2.24, 2.45) is 0 Å². The maximum atomic E-state index is 12.3. The molecule has 1 amide bonds. The fraction of sp³-hybridized carbons (Fsp3) is 0.231. The molecule has 2 rings (SSSR count). The van der Waals surface area contributed by atoms with E-state index >= 15 is 0 Å². The standard InChI is InChI=1S/C13H16N4O/c1-9-4-3-5-11(14)12(9)13(18)17(2)8-10-6-15-16-7-10/h3-7H,8,14H2,1-2H3,(H,15,16). The number of hydrogen-bond acceptors (Lipinski definition) is 3. The lowest BCUT2D eigenvalue weighted by Crippen LogP contribution is -2.27. The van der Waals surface area contributed by atoms with Crippen molar-refractivity contribution in [3.8, 4) is 0 Å². The third-order valence-electron chi connectivity index (χ3n) is 2.84. The van der Waals surface area contributed by atoms with Crippen LogP contribution in [0.3, 0.4) is 0 Å². The van der Waals surface area contributed by atoms with E-state index in [4.69, 9.17) is 5.73 Å². The van der Waals surface area contributed by atoms with Gasteiger partial charge in [-0.25, -0.2) is 0 Å². The third-order valence-corrected chi connectivity index (χ3v) is 2.84. The number of carbonyl (C=O) groups excluding carboxylic acids is 1. The molecule has 0 spiro atoms. The molecule has 0 radical (unpaired) electrons. The molecule has 0 bridgehead atoms. The Balaban J connectivity index is 2.21. The van der Waals surface area contributed by atoms with Gasteiger partial charge in [0.2, 0.25) is 0 Å². The molecule has 0 atom stereocenters. The van der Waals surface area contributed by atoms with Crippen molar-refractivity contribution in [1.82, 2.24) is 15.1 Å². The van der Waals surface area contributed by atoms with Crippen LogP contribution in [-0.4, -0.2) is 28.1 Å². The highest BCUT2D eigenvalue weighted by Gasteiger charge is 2.17. The first-order chi connectivity index (χ1) is 8.59. The van der Waals surface area contributed by atoms with Crippen molar-refractivity contribution < 1.29 is 4.79 Å². The van der Waals surface area contributed by atoms with Gasteiger partial charge in [-0.1, -0.05) is 12.1 Å². The van der Waals surface area contributed by atoms with E-state index in [0.717, 1.165) is 11.1 Å². The zero-order chi connectivity index (χ0) is 13.1. The Kier molecular flexibility index (Phi) is 3.32. The van der Waals surface area contributed by atoms with Gasteiger partial charge in [0.1, 0.15) is 0 Å². The van der Waals surface area contributed by atoms with E-state index in [1.165, 1.54) is 0 Å². The van der Waals surface area contributed by atoms with Crippen molar-refractivity contribution in [2.75, 3.05) is 12.8 Å². The molecule has 0 aliphatic rings. The van der Waals surface area contributed by atoms with E-state index in [-0.39, 0.29) is 5.91 Å². The quantitative estimate of drug-likeness (QED) is 0.805. The smallest absolute Gasteiger partial charge is 0.256 e. The average Bonchev–Trinajstić information content (AvgIpc) is 2.81. The SMILES string of the molecule is Cc1cccc(N)c1C(=O)N(C)Cc1cn[nH]c1. The van der Waals surface area contributed by atoms with Crippen LogP contribution in [0.15, 0.2) is 30.6 Å². The normalized spacial score (nSPS) is 10.3. The summed E-state index contributed by atoms with van der Waals surface area (Å²) in [5.41, 5.74) is 8.80. The summed E-state index contributed by atoms with van der Waals surface area (Å²) in [6.07, 6.45) is 3.47. The van der Waals surface area contributed by atoms with E-state index < -0.39 is 0 Å². The van der Waals surface area contributed by atoms with Gasteiger partial charge < -0.3 is 10.6 Å². The highest BCUT2D eigenvalue weighted by Crippen LogP contribution is 2.18. The number of rotatable bonds is 3. The molecule has 0 aliphatic carbocycles. The maximum absolute atomic E-state index is 12.3. The largest absolute Gasteiger partial charge is 0.398 e. The molecule has 2 aromatic rings. The minimum Gasteiger partial charge on any atom is -0.398 e. The number of amides is 1. The summed E-state index contributed by atoms with van der Waals surface area (Å²) in [6.45, 7) is 2.39. The molecule has 1 aromatic carbocycles. The number of aromatic amines is 1. The lowest BCUT2D eigenvalue weighted by atomic mass is 10.1. The van der Waals surface area contributed by atoms with E-state index in [1.807, 2.05) is 19.1 Å². The van der Waals surface area contributed by atoms with Crippen LogP contribution >= 0.6 is 0 Å². The van der Waals surface area contributed by atoms with Gasteiger partial charge in [0.05, 0.1) is 11.8 Å². The number of aryl methyl sites for hydroxylation is 1. The van der Waals surface area contributed by atoms with Crippen LogP contribution in [0.25, 0.3) is 0 Å². The summed E-state index contributed by atoms with van der Waals surface area (Å²) in [5, 5.41) is 6.58. The topological polar surface area (TPSA) is 75.0 Å². The number of nitrogens with one attached hydrogen (secondary N) is 1. The lowest BCUT2D eigenvalue weighted by Gasteiger charge is -2.18. The number of H-pyrrole nitrogens is 1. The number of nitrogen functional groups attached to an aromatic ring is 1. The Morgan fingerprint density at radius 1 is 1.50 bits per heavy atom. The molecule has 1 aromatic heterocycles. The number of benzene rings is 1. The fourth-order valence-electron chi connectivity index (χ4n) is 1.88. The Bertz CT molecular complexity index is 528. The Morgan fingerprint density at radius 2 is 2.28 bits per heavy atom. The van der Waals surface area contributed by atoms with Gasteiger partial charge in [-0.2, -0.15) is 5.10 Å². The van der Waals surface area contributed by atoms with Gasteiger partial charge in [-0.3, -0.25) is 9.89 Å². The van der Waals surface area contributed by atoms with Gasteiger partial charge in [0.15, 0.2) is 0 Å². The molecule has 0 fully saturated rings. The van der Waals surface area contributed by atoms with Crippen LogP contribution < -0.4 is 5.73 Å². The predicted molar refractivity (Wildman–Crippen MR) is 70.0 cm³/mol. The first kappa shape index (κ1) is 12.2. The van der Waals surface area contributed by atoms with Crippen LogP contribution in [0, 0.1) is 6.92 Å². The van der Waals surface area contributed by atoms with E-state index in [9.17, 15) is 4.79 Å². The Labute approximate surface area is 106 Å². The second-order valence-electron chi connectivity index (χ2n) is 4.31. The lowest BCUT2D eigenvalue weighted by molar-refractivity contribution is 0.0785. The molecule has 0 saturated heterocycles. The van der Waals surface area contributed by atoms with Crippen molar-refractivity contribution in [2.45, 2.75) is 13.5 Å². The molecular formula is C13H16N4O. The average molecular weight is 244 g/mol. The first-order valence-electron chi connectivity index (χ1n) is 5.68. The fourth-order valence-corrected chi connectivity index (χ4v) is 1.88. The van der Waals surface area contributed by atoms with Crippen LogP contribution in [0.2, 0.25) is 0 Å². The first-order valence-corrected chi connectivity index (χ1v) is 5.68. The molecule has 0 aliphatic heterocycles. The number of nitrogens with two attached hydrogens (primary N) is 1. The van der Waals surface area contributed by atoms with E-state index in [1.54, 1.807) is 30.4 Å². The van der Waals surface area contributed by atoms with Gasteiger partial charge in [-0.15, -0.1) is 0 Å². The molecule has 5 heteroatoms. The molecule has 18 heavy (non-hydrogen) atoms.